The van der Waals surface area contributed by atoms with E-state index in [1.807, 2.05) is 29.2 Å². The highest BCUT2D eigenvalue weighted by molar-refractivity contribution is 5.79. The van der Waals surface area contributed by atoms with Gasteiger partial charge in [-0.15, -0.1) is 0 Å². The van der Waals surface area contributed by atoms with Gasteiger partial charge in [0.25, 0.3) is 0 Å². The minimum atomic E-state index is -0.256. The van der Waals surface area contributed by atoms with Crippen molar-refractivity contribution in [3.05, 3.63) is 65.5 Å². The molecule has 0 spiro atoms. The molecular weight excluding hydrogens is 307 g/mol. The second-order valence-corrected chi connectivity index (χ2v) is 6.00. The number of carbonyl (C=O) groups excluding carboxylic acids is 1. The Morgan fingerprint density at radius 3 is 2.54 bits per heavy atom. The zero-order valence-corrected chi connectivity index (χ0v) is 13.7. The van der Waals surface area contributed by atoms with Crippen LogP contribution in [0.5, 0.6) is 5.75 Å². The quantitative estimate of drug-likeness (QED) is 0.846. The van der Waals surface area contributed by atoms with E-state index in [1.54, 1.807) is 19.2 Å². The van der Waals surface area contributed by atoms with Gasteiger partial charge in [0.1, 0.15) is 11.6 Å². The number of methoxy groups -OCH3 is 1. The summed E-state index contributed by atoms with van der Waals surface area (Å²) in [5.41, 5.74) is 2.08. The first-order chi connectivity index (χ1) is 11.6. The van der Waals surface area contributed by atoms with Gasteiger partial charge in [0.05, 0.1) is 13.7 Å². The Morgan fingerprint density at radius 1 is 1.04 bits per heavy atom. The summed E-state index contributed by atoms with van der Waals surface area (Å²) in [5.74, 6) is 0.676. The fourth-order valence-corrected chi connectivity index (χ4v) is 2.90. The number of amides is 1. The van der Waals surface area contributed by atoms with Crippen LogP contribution in [-0.2, 0) is 17.9 Å². The number of halogens is 1. The monoisotopic (exact) mass is 328 g/mol. The molecule has 1 aliphatic rings. The Bertz CT molecular complexity index is 703. The molecule has 0 aromatic heterocycles. The van der Waals surface area contributed by atoms with Crippen molar-refractivity contribution in [1.82, 2.24) is 9.80 Å². The zero-order valence-electron chi connectivity index (χ0n) is 13.7. The molecular formula is C19H21FN2O2. The van der Waals surface area contributed by atoms with E-state index in [-0.39, 0.29) is 11.7 Å². The first-order valence-corrected chi connectivity index (χ1v) is 8.01. The SMILES string of the molecule is COc1cccc(CN2CCN(Cc3ccc(F)cc3)C(=O)C2)c1. The highest BCUT2D eigenvalue weighted by Crippen LogP contribution is 2.16. The molecule has 0 unspecified atom stereocenters. The molecule has 3 rings (SSSR count). The highest BCUT2D eigenvalue weighted by atomic mass is 19.1. The van der Waals surface area contributed by atoms with E-state index in [9.17, 15) is 9.18 Å². The minimum Gasteiger partial charge on any atom is -0.497 e. The number of benzene rings is 2. The molecule has 0 radical (unpaired) electrons. The molecule has 1 heterocycles. The lowest BCUT2D eigenvalue weighted by Crippen LogP contribution is -2.49. The molecule has 2 aromatic rings. The third kappa shape index (κ3) is 4.11. The van der Waals surface area contributed by atoms with Crippen molar-refractivity contribution in [2.24, 2.45) is 0 Å². The van der Waals surface area contributed by atoms with Crippen LogP contribution in [0.2, 0.25) is 0 Å². The van der Waals surface area contributed by atoms with Crippen molar-refractivity contribution in [2.75, 3.05) is 26.7 Å². The van der Waals surface area contributed by atoms with Gasteiger partial charge in [-0.3, -0.25) is 9.69 Å². The molecule has 126 valence electrons. The van der Waals surface area contributed by atoms with Crippen LogP contribution in [0.25, 0.3) is 0 Å². The Kier molecular flexibility index (Phi) is 5.11. The summed E-state index contributed by atoms with van der Waals surface area (Å²) in [6, 6.07) is 14.2. The lowest BCUT2D eigenvalue weighted by atomic mass is 10.1. The molecule has 1 aliphatic heterocycles. The predicted molar refractivity (Wildman–Crippen MR) is 90.1 cm³/mol. The van der Waals surface area contributed by atoms with Gasteiger partial charge in [-0.05, 0) is 35.4 Å². The molecule has 24 heavy (non-hydrogen) atoms. The highest BCUT2D eigenvalue weighted by Gasteiger charge is 2.23. The first kappa shape index (κ1) is 16.5. The normalized spacial score (nSPS) is 15.6. The largest absolute Gasteiger partial charge is 0.497 e. The molecule has 2 aromatic carbocycles. The van der Waals surface area contributed by atoms with Crippen LogP contribution < -0.4 is 4.74 Å². The molecule has 0 aliphatic carbocycles. The van der Waals surface area contributed by atoms with Crippen LogP contribution in [0.4, 0.5) is 4.39 Å². The lowest BCUT2D eigenvalue weighted by Gasteiger charge is -2.34. The first-order valence-electron chi connectivity index (χ1n) is 8.01. The molecule has 5 heteroatoms. The van der Waals surface area contributed by atoms with E-state index < -0.39 is 0 Å². The van der Waals surface area contributed by atoms with Crippen molar-refractivity contribution >= 4 is 5.91 Å². The van der Waals surface area contributed by atoms with E-state index in [4.69, 9.17) is 4.74 Å². The number of rotatable bonds is 5. The van der Waals surface area contributed by atoms with E-state index in [1.165, 1.54) is 12.1 Å². The third-order valence-electron chi connectivity index (χ3n) is 4.22. The molecule has 0 bridgehead atoms. The number of carbonyl (C=O) groups is 1. The van der Waals surface area contributed by atoms with Crippen molar-refractivity contribution in [3.63, 3.8) is 0 Å². The van der Waals surface area contributed by atoms with Gasteiger partial charge >= 0.3 is 0 Å². The van der Waals surface area contributed by atoms with Crippen molar-refractivity contribution in [1.29, 1.82) is 0 Å². The molecule has 0 N–H and O–H groups in total. The summed E-state index contributed by atoms with van der Waals surface area (Å²) < 4.78 is 18.2. The van der Waals surface area contributed by atoms with Gasteiger partial charge in [-0.2, -0.15) is 0 Å². The van der Waals surface area contributed by atoms with Crippen LogP contribution in [0, 0.1) is 5.82 Å². The predicted octanol–water partition coefficient (Wildman–Crippen LogP) is 2.68. The number of hydrogen-bond donors (Lipinski definition) is 0. The Balaban J connectivity index is 1.56. The van der Waals surface area contributed by atoms with Crippen LogP contribution in [0.3, 0.4) is 0 Å². The summed E-state index contributed by atoms with van der Waals surface area (Å²) in [6.45, 7) is 3.17. The van der Waals surface area contributed by atoms with E-state index in [2.05, 4.69) is 4.90 Å². The average Bonchev–Trinajstić information content (AvgIpc) is 2.59. The summed E-state index contributed by atoms with van der Waals surface area (Å²) in [5, 5.41) is 0. The molecule has 1 amide bonds. The maximum atomic E-state index is 13.0. The zero-order chi connectivity index (χ0) is 16.9. The van der Waals surface area contributed by atoms with Gasteiger partial charge in [-0.1, -0.05) is 24.3 Å². The fourth-order valence-electron chi connectivity index (χ4n) is 2.90. The van der Waals surface area contributed by atoms with Gasteiger partial charge in [0, 0.05) is 26.2 Å². The van der Waals surface area contributed by atoms with Gasteiger partial charge in [0.15, 0.2) is 0 Å². The Hall–Kier alpha value is -2.40. The Morgan fingerprint density at radius 2 is 1.83 bits per heavy atom. The molecule has 0 saturated carbocycles. The number of ether oxygens (including phenoxy) is 1. The van der Waals surface area contributed by atoms with Gasteiger partial charge < -0.3 is 9.64 Å². The molecule has 0 atom stereocenters. The standard InChI is InChI=1S/C19H21FN2O2/c1-24-18-4-2-3-16(11-18)12-21-9-10-22(19(23)14-21)13-15-5-7-17(20)8-6-15/h2-8,11H,9-10,12-14H2,1H3. The van der Waals surface area contributed by atoms with E-state index in [0.29, 0.717) is 19.6 Å². The van der Waals surface area contributed by atoms with Crippen LogP contribution in [0.15, 0.2) is 48.5 Å². The number of hydrogen-bond acceptors (Lipinski definition) is 3. The average molecular weight is 328 g/mol. The van der Waals surface area contributed by atoms with Crippen molar-refractivity contribution in [3.8, 4) is 5.75 Å². The van der Waals surface area contributed by atoms with Crippen molar-refractivity contribution < 1.29 is 13.9 Å². The smallest absolute Gasteiger partial charge is 0.237 e. The molecule has 1 fully saturated rings. The number of piperazine rings is 1. The summed E-state index contributed by atoms with van der Waals surface area (Å²) in [4.78, 5) is 16.3. The number of nitrogens with zero attached hydrogens (tertiary/aromatic N) is 2. The fraction of sp³-hybridized carbons (Fsp3) is 0.316. The second kappa shape index (κ2) is 7.45. The summed E-state index contributed by atoms with van der Waals surface area (Å²) >= 11 is 0. The minimum absolute atomic E-state index is 0.105. The van der Waals surface area contributed by atoms with Gasteiger partial charge in [0.2, 0.25) is 5.91 Å². The Labute approximate surface area is 141 Å². The van der Waals surface area contributed by atoms with Crippen LogP contribution >= 0.6 is 0 Å². The van der Waals surface area contributed by atoms with Crippen molar-refractivity contribution in [2.45, 2.75) is 13.1 Å². The second-order valence-electron chi connectivity index (χ2n) is 6.00. The molecule has 1 saturated heterocycles. The third-order valence-corrected chi connectivity index (χ3v) is 4.22. The lowest BCUT2D eigenvalue weighted by molar-refractivity contribution is -0.136. The topological polar surface area (TPSA) is 32.8 Å². The van der Waals surface area contributed by atoms with Gasteiger partial charge in [-0.25, -0.2) is 4.39 Å². The van der Waals surface area contributed by atoms with E-state index in [0.717, 1.165) is 30.0 Å². The van der Waals surface area contributed by atoms with Crippen LogP contribution in [0.1, 0.15) is 11.1 Å². The maximum Gasteiger partial charge on any atom is 0.237 e. The molecule has 4 nitrogen and oxygen atoms in total. The van der Waals surface area contributed by atoms with E-state index >= 15 is 0 Å². The summed E-state index contributed by atoms with van der Waals surface area (Å²) in [7, 11) is 1.65. The maximum absolute atomic E-state index is 13.0. The summed E-state index contributed by atoms with van der Waals surface area (Å²) in [6.07, 6.45) is 0. The van der Waals surface area contributed by atoms with Crippen LogP contribution in [-0.4, -0.2) is 42.5 Å².